The van der Waals surface area contributed by atoms with Crippen molar-refractivity contribution in [1.29, 1.82) is 0 Å². The van der Waals surface area contributed by atoms with Gasteiger partial charge in [0.15, 0.2) is 23.0 Å². The SMILES string of the molecule is CN1CC[C@@]23c4c5cc(-c6cc7c8c(c6O)O[C@H]6[C@@H](O)C=C[C@H]9[C@@H](C7)N(C)CC[C@@]896)c(O)c4O[C@H]2[C@@H](O)C=C[C@H]3[C@H]1C5. The third-order valence-electron chi connectivity index (χ3n) is 12.8. The molecule has 8 aliphatic rings. The zero-order valence-electron chi connectivity index (χ0n) is 23.8. The maximum absolute atomic E-state index is 11.9. The number of likely N-dealkylation sites (tertiary alicyclic amines) is 2. The summed E-state index contributed by atoms with van der Waals surface area (Å²) in [6, 6.07) is 4.65. The van der Waals surface area contributed by atoms with Gasteiger partial charge in [-0.25, -0.2) is 0 Å². The monoisotopic (exact) mass is 568 g/mol. The van der Waals surface area contributed by atoms with Crippen LogP contribution in [0.5, 0.6) is 23.0 Å². The minimum Gasteiger partial charge on any atom is -0.504 e. The molecule has 2 aromatic rings. The summed E-state index contributed by atoms with van der Waals surface area (Å²) in [5.41, 5.74) is 4.66. The summed E-state index contributed by atoms with van der Waals surface area (Å²) in [6.45, 7) is 1.82. The summed E-state index contributed by atoms with van der Waals surface area (Å²) in [5.74, 6) is 1.38. The Morgan fingerprint density at radius 3 is 1.55 bits per heavy atom. The van der Waals surface area contributed by atoms with E-state index in [0.29, 0.717) is 22.6 Å². The molecule has 0 radical (unpaired) electrons. The lowest BCUT2D eigenvalue weighted by Gasteiger charge is -2.56. The van der Waals surface area contributed by atoms with Gasteiger partial charge in [0.25, 0.3) is 0 Å². The van der Waals surface area contributed by atoms with Crippen LogP contribution < -0.4 is 9.47 Å². The van der Waals surface area contributed by atoms with Crippen LogP contribution in [-0.2, 0) is 23.7 Å². The molecule has 0 saturated carbocycles. The van der Waals surface area contributed by atoms with Gasteiger partial charge in [-0.05, 0) is 76.1 Å². The summed E-state index contributed by atoms with van der Waals surface area (Å²) in [7, 11) is 4.35. The van der Waals surface area contributed by atoms with Crippen LogP contribution >= 0.6 is 0 Å². The number of likely N-dealkylation sites (N-methyl/N-ethyl adjacent to an activating group) is 2. The van der Waals surface area contributed by atoms with Crippen molar-refractivity contribution in [3.8, 4) is 34.1 Å². The zero-order chi connectivity index (χ0) is 28.4. The fourth-order valence-electron chi connectivity index (χ4n) is 11.0. The first kappa shape index (κ1) is 24.4. The Balaban J connectivity index is 1.19. The molecule has 10 atom stereocenters. The van der Waals surface area contributed by atoms with Crippen LogP contribution in [0.2, 0.25) is 0 Å². The van der Waals surface area contributed by atoms with Crippen LogP contribution in [0, 0.1) is 11.8 Å². The zero-order valence-corrected chi connectivity index (χ0v) is 23.8. The molecule has 4 aliphatic carbocycles. The summed E-state index contributed by atoms with van der Waals surface area (Å²) in [6.07, 6.45) is 9.02. The lowest BCUT2D eigenvalue weighted by Crippen LogP contribution is -2.64. The van der Waals surface area contributed by atoms with Crippen molar-refractivity contribution in [3.63, 3.8) is 0 Å². The van der Waals surface area contributed by atoms with E-state index in [-0.39, 0.29) is 46.2 Å². The van der Waals surface area contributed by atoms with Crippen molar-refractivity contribution >= 4 is 0 Å². The molecule has 4 heterocycles. The highest BCUT2D eigenvalue weighted by atomic mass is 16.5. The topological polar surface area (TPSA) is 106 Å². The van der Waals surface area contributed by atoms with Gasteiger partial charge in [-0.15, -0.1) is 0 Å². The van der Waals surface area contributed by atoms with E-state index in [1.807, 2.05) is 12.2 Å². The molecule has 4 aliphatic heterocycles. The van der Waals surface area contributed by atoms with Crippen LogP contribution in [0.1, 0.15) is 35.1 Å². The first-order valence-electron chi connectivity index (χ1n) is 15.5. The van der Waals surface area contributed by atoms with Crippen molar-refractivity contribution in [2.75, 3.05) is 27.2 Å². The number of aliphatic hydroxyl groups is 2. The maximum Gasteiger partial charge on any atom is 0.166 e. The molecular weight excluding hydrogens is 532 g/mol. The van der Waals surface area contributed by atoms with Gasteiger partial charge in [-0.3, -0.25) is 0 Å². The number of piperidine rings is 2. The predicted molar refractivity (Wildman–Crippen MR) is 154 cm³/mol. The third kappa shape index (κ3) is 2.48. The van der Waals surface area contributed by atoms with E-state index in [0.717, 1.165) is 61.0 Å². The van der Waals surface area contributed by atoms with Crippen molar-refractivity contribution in [1.82, 2.24) is 9.80 Å². The number of phenols is 2. The number of phenolic OH excluding ortho intramolecular Hbond substituents is 2. The molecule has 4 N–H and O–H groups in total. The fourth-order valence-corrected chi connectivity index (χ4v) is 11.0. The Hall–Kier alpha value is -3.04. The van der Waals surface area contributed by atoms with Crippen LogP contribution in [0.3, 0.4) is 0 Å². The van der Waals surface area contributed by atoms with Crippen molar-refractivity contribution < 1.29 is 29.9 Å². The van der Waals surface area contributed by atoms with E-state index in [4.69, 9.17) is 9.47 Å². The Labute approximate surface area is 244 Å². The van der Waals surface area contributed by atoms with Crippen LogP contribution in [0.15, 0.2) is 36.4 Å². The minimum atomic E-state index is -0.746. The standard InChI is InChI=1S/C34H36N2O6/c1-35-9-7-33-19-3-5-23(37)31(33)41-29-25(33)15(13-21(19)35)11-17(27(29)39)18-12-16-14-22-20-4-6-24(38)32-34(20,8-10-36(22)2)26(16)30(42-32)28(18)40/h3-6,11-12,19-24,31-32,37-40H,7-10,13-14H2,1-2H3/t19-,20-,21+,22+,23-,24-,31-,32-,33-,34+/m0/s1. The average Bonchev–Trinajstić information content (AvgIpc) is 3.52. The molecule has 0 unspecified atom stereocenters. The average molecular weight is 569 g/mol. The van der Waals surface area contributed by atoms with E-state index >= 15 is 0 Å². The second-order valence-corrected chi connectivity index (χ2v) is 14.2. The maximum atomic E-state index is 11.9. The molecule has 218 valence electrons. The van der Waals surface area contributed by atoms with Crippen molar-refractivity contribution in [2.24, 2.45) is 11.8 Å². The number of benzene rings is 2. The van der Waals surface area contributed by atoms with E-state index in [9.17, 15) is 20.4 Å². The molecule has 2 fully saturated rings. The normalized spacial score (nSPS) is 43.0. The number of aromatic hydroxyl groups is 2. The number of nitrogens with zero attached hydrogens (tertiary/aromatic N) is 2. The van der Waals surface area contributed by atoms with Gasteiger partial charge < -0.3 is 39.7 Å². The van der Waals surface area contributed by atoms with Crippen LogP contribution in [0.25, 0.3) is 11.1 Å². The Morgan fingerprint density at radius 1 is 0.690 bits per heavy atom. The molecule has 8 nitrogen and oxygen atoms in total. The predicted octanol–water partition coefficient (Wildman–Crippen LogP) is 2.38. The van der Waals surface area contributed by atoms with Gasteiger partial charge in [0.2, 0.25) is 0 Å². The van der Waals surface area contributed by atoms with Crippen LogP contribution in [-0.4, -0.2) is 93.9 Å². The Morgan fingerprint density at radius 2 is 1.12 bits per heavy atom. The molecule has 8 heteroatoms. The summed E-state index contributed by atoms with van der Waals surface area (Å²) in [5, 5.41) is 46.0. The molecule has 42 heavy (non-hydrogen) atoms. The molecular formula is C34H36N2O6. The fraction of sp³-hybridized carbons (Fsp3) is 0.529. The Bertz CT molecular complexity index is 1550. The lowest BCUT2D eigenvalue weighted by atomic mass is 9.53. The van der Waals surface area contributed by atoms with Gasteiger partial charge >= 0.3 is 0 Å². The minimum absolute atomic E-state index is 0.0181. The quantitative estimate of drug-likeness (QED) is 0.389. The number of rotatable bonds is 1. The summed E-state index contributed by atoms with van der Waals surface area (Å²) >= 11 is 0. The van der Waals surface area contributed by atoms with Crippen LogP contribution in [0.4, 0.5) is 0 Å². The van der Waals surface area contributed by atoms with Crippen molar-refractivity contribution in [3.05, 3.63) is 58.7 Å². The van der Waals surface area contributed by atoms with Gasteiger partial charge in [0.1, 0.15) is 24.4 Å². The number of ether oxygens (including phenoxy) is 2. The first-order valence-corrected chi connectivity index (χ1v) is 15.5. The molecule has 2 spiro atoms. The van der Waals surface area contributed by atoms with Crippen molar-refractivity contribution in [2.45, 2.75) is 73.0 Å². The number of hydrogen-bond donors (Lipinski definition) is 4. The largest absolute Gasteiger partial charge is 0.504 e. The highest BCUT2D eigenvalue weighted by Gasteiger charge is 2.66. The van der Waals surface area contributed by atoms with Gasteiger partial charge in [-0.1, -0.05) is 24.3 Å². The highest BCUT2D eigenvalue weighted by Crippen LogP contribution is 2.67. The number of hydrogen-bond acceptors (Lipinski definition) is 8. The second kappa shape index (κ2) is 7.53. The summed E-state index contributed by atoms with van der Waals surface area (Å²) < 4.78 is 13.1. The van der Waals surface area contributed by atoms with Gasteiger partial charge in [0.05, 0.1) is 0 Å². The molecule has 0 aromatic heterocycles. The van der Waals surface area contributed by atoms with Gasteiger partial charge in [0, 0.05) is 57.0 Å². The first-order chi connectivity index (χ1) is 20.3. The smallest absolute Gasteiger partial charge is 0.166 e. The molecule has 10 rings (SSSR count). The molecule has 2 saturated heterocycles. The summed E-state index contributed by atoms with van der Waals surface area (Å²) in [4.78, 5) is 4.83. The second-order valence-electron chi connectivity index (χ2n) is 14.2. The van der Waals surface area contributed by atoms with E-state index in [1.54, 1.807) is 0 Å². The van der Waals surface area contributed by atoms with E-state index < -0.39 is 24.4 Å². The number of aliphatic hydroxyl groups excluding tert-OH is 2. The highest BCUT2D eigenvalue weighted by molar-refractivity contribution is 5.85. The molecule has 2 aromatic carbocycles. The molecule has 4 bridgehead atoms. The Kier molecular flexibility index (Phi) is 4.38. The van der Waals surface area contributed by atoms with Gasteiger partial charge in [-0.2, -0.15) is 0 Å². The third-order valence-corrected chi connectivity index (χ3v) is 12.8. The molecule has 0 amide bonds. The van der Waals surface area contributed by atoms with E-state index in [1.165, 1.54) is 0 Å². The lowest BCUT2D eigenvalue weighted by molar-refractivity contribution is -0.0453. The van der Waals surface area contributed by atoms with E-state index in [2.05, 4.69) is 48.2 Å².